The lowest BCUT2D eigenvalue weighted by atomic mass is 10.1. The Balaban J connectivity index is 1.74. The maximum atomic E-state index is 12.5. The molecule has 0 bridgehead atoms. The molecule has 0 saturated carbocycles. The van der Waals surface area contributed by atoms with Gasteiger partial charge in [0.2, 0.25) is 5.91 Å². The summed E-state index contributed by atoms with van der Waals surface area (Å²) in [5.41, 5.74) is 3.83. The molecule has 0 aliphatic carbocycles. The zero-order valence-corrected chi connectivity index (χ0v) is 17.3. The number of hydrogen-bond acceptors (Lipinski definition) is 3. The SMILES string of the molecule is CC(C)CCO[C@H](C)C(=O)NCc1cn(-c2ccccc2)nc1-c1ccccc1. The number of hydrogen-bond donors (Lipinski definition) is 1. The molecule has 1 aromatic heterocycles. The largest absolute Gasteiger partial charge is 0.369 e. The van der Waals surface area contributed by atoms with Crippen LogP contribution in [0.2, 0.25) is 0 Å². The van der Waals surface area contributed by atoms with Crippen LogP contribution in [0.4, 0.5) is 0 Å². The van der Waals surface area contributed by atoms with Crippen LogP contribution in [0.1, 0.15) is 32.8 Å². The number of carbonyl (C=O) groups is 1. The van der Waals surface area contributed by atoms with Gasteiger partial charge in [0, 0.05) is 30.5 Å². The van der Waals surface area contributed by atoms with Crippen LogP contribution < -0.4 is 5.32 Å². The highest BCUT2D eigenvalue weighted by Crippen LogP contribution is 2.23. The summed E-state index contributed by atoms with van der Waals surface area (Å²) in [6, 6.07) is 20.0. The number of aromatic nitrogens is 2. The Labute approximate surface area is 172 Å². The molecule has 0 unspecified atom stereocenters. The van der Waals surface area contributed by atoms with E-state index in [1.807, 2.05) is 71.5 Å². The first-order valence-electron chi connectivity index (χ1n) is 10.1. The maximum absolute atomic E-state index is 12.5. The van der Waals surface area contributed by atoms with E-state index in [4.69, 9.17) is 9.84 Å². The Morgan fingerprint density at radius 2 is 1.69 bits per heavy atom. The Morgan fingerprint density at radius 3 is 2.34 bits per heavy atom. The van der Waals surface area contributed by atoms with Crippen molar-refractivity contribution < 1.29 is 9.53 Å². The number of carbonyl (C=O) groups excluding carboxylic acids is 1. The Morgan fingerprint density at radius 1 is 1.03 bits per heavy atom. The van der Waals surface area contributed by atoms with E-state index in [1.54, 1.807) is 6.92 Å². The molecule has 2 aromatic carbocycles. The third-order valence-corrected chi connectivity index (χ3v) is 4.74. The molecule has 29 heavy (non-hydrogen) atoms. The number of nitrogens with zero attached hydrogens (tertiary/aromatic N) is 2. The monoisotopic (exact) mass is 391 g/mol. The van der Waals surface area contributed by atoms with Gasteiger partial charge in [0.1, 0.15) is 6.10 Å². The first-order chi connectivity index (χ1) is 14.0. The highest BCUT2D eigenvalue weighted by Gasteiger charge is 2.16. The smallest absolute Gasteiger partial charge is 0.249 e. The van der Waals surface area contributed by atoms with E-state index in [9.17, 15) is 4.79 Å². The normalized spacial score (nSPS) is 12.1. The van der Waals surface area contributed by atoms with E-state index in [0.29, 0.717) is 19.1 Å². The predicted molar refractivity (Wildman–Crippen MR) is 116 cm³/mol. The third kappa shape index (κ3) is 5.78. The van der Waals surface area contributed by atoms with Gasteiger partial charge in [0.15, 0.2) is 0 Å². The second kappa shape index (κ2) is 10.0. The third-order valence-electron chi connectivity index (χ3n) is 4.74. The lowest BCUT2D eigenvalue weighted by Gasteiger charge is -2.14. The van der Waals surface area contributed by atoms with E-state index in [1.165, 1.54) is 0 Å². The van der Waals surface area contributed by atoms with Crippen LogP contribution >= 0.6 is 0 Å². The molecule has 0 saturated heterocycles. The number of amides is 1. The Kier molecular flexibility index (Phi) is 7.19. The van der Waals surface area contributed by atoms with Gasteiger partial charge >= 0.3 is 0 Å². The van der Waals surface area contributed by atoms with Crippen LogP contribution in [-0.4, -0.2) is 28.4 Å². The Bertz CT molecular complexity index is 904. The Hall–Kier alpha value is -2.92. The summed E-state index contributed by atoms with van der Waals surface area (Å²) in [7, 11) is 0. The van der Waals surface area contributed by atoms with E-state index in [0.717, 1.165) is 28.9 Å². The van der Waals surface area contributed by atoms with Gasteiger partial charge in [-0.05, 0) is 31.4 Å². The summed E-state index contributed by atoms with van der Waals surface area (Å²) in [6.45, 7) is 7.07. The highest BCUT2D eigenvalue weighted by atomic mass is 16.5. The standard InChI is InChI=1S/C24H29N3O2/c1-18(2)14-15-29-19(3)24(28)25-16-21-17-27(22-12-8-5-9-13-22)26-23(21)20-10-6-4-7-11-20/h4-13,17-19H,14-16H2,1-3H3,(H,25,28)/t19-/m1/s1. The number of ether oxygens (including phenoxy) is 1. The van der Waals surface area contributed by atoms with Crippen molar-refractivity contribution in [3.8, 4) is 16.9 Å². The van der Waals surface area contributed by atoms with Crippen molar-refractivity contribution in [2.24, 2.45) is 5.92 Å². The van der Waals surface area contributed by atoms with Gasteiger partial charge in [-0.25, -0.2) is 4.68 Å². The molecule has 1 amide bonds. The molecule has 0 spiro atoms. The van der Waals surface area contributed by atoms with Crippen molar-refractivity contribution in [2.75, 3.05) is 6.61 Å². The summed E-state index contributed by atoms with van der Waals surface area (Å²) in [4.78, 5) is 12.5. The maximum Gasteiger partial charge on any atom is 0.249 e. The number of rotatable bonds is 9. The first-order valence-corrected chi connectivity index (χ1v) is 10.1. The molecule has 5 nitrogen and oxygen atoms in total. The van der Waals surface area contributed by atoms with Crippen LogP contribution in [0.15, 0.2) is 66.9 Å². The van der Waals surface area contributed by atoms with Crippen molar-refractivity contribution in [1.82, 2.24) is 15.1 Å². The number of benzene rings is 2. The minimum absolute atomic E-state index is 0.111. The lowest BCUT2D eigenvalue weighted by Crippen LogP contribution is -2.34. The minimum atomic E-state index is -0.474. The molecule has 5 heteroatoms. The van der Waals surface area contributed by atoms with Gasteiger partial charge in [0.25, 0.3) is 0 Å². The number of nitrogens with one attached hydrogen (secondary N) is 1. The second-order valence-corrected chi connectivity index (χ2v) is 7.56. The summed E-state index contributed by atoms with van der Waals surface area (Å²) >= 11 is 0. The van der Waals surface area contributed by atoms with Gasteiger partial charge in [-0.15, -0.1) is 0 Å². The molecule has 0 aliphatic heterocycles. The molecule has 1 atom stereocenters. The van der Waals surface area contributed by atoms with Crippen LogP contribution in [0, 0.1) is 5.92 Å². The molecular formula is C24H29N3O2. The van der Waals surface area contributed by atoms with Gasteiger partial charge in [-0.2, -0.15) is 5.10 Å². The summed E-state index contributed by atoms with van der Waals surface area (Å²) < 4.78 is 7.51. The summed E-state index contributed by atoms with van der Waals surface area (Å²) in [5, 5.41) is 7.77. The van der Waals surface area contributed by atoms with E-state index in [2.05, 4.69) is 19.2 Å². The molecule has 1 heterocycles. The molecule has 1 N–H and O–H groups in total. The van der Waals surface area contributed by atoms with Crippen molar-refractivity contribution in [3.63, 3.8) is 0 Å². The van der Waals surface area contributed by atoms with Crippen molar-refractivity contribution in [1.29, 1.82) is 0 Å². The molecule has 3 aromatic rings. The average molecular weight is 392 g/mol. The molecule has 0 radical (unpaired) electrons. The number of para-hydroxylation sites is 1. The van der Waals surface area contributed by atoms with Crippen LogP contribution in [-0.2, 0) is 16.1 Å². The zero-order valence-electron chi connectivity index (χ0n) is 17.3. The van der Waals surface area contributed by atoms with E-state index >= 15 is 0 Å². The molecule has 0 aliphatic rings. The van der Waals surface area contributed by atoms with Gasteiger partial charge in [-0.1, -0.05) is 62.4 Å². The van der Waals surface area contributed by atoms with Crippen molar-refractivity contribution >= 4 is 5.91 Å². The molecule has 0 fully saturated rings. The zero-order chi connectivity index (χ0) is 20.6. The van der Waals surface area contributed by atoms with Gasteiger partial charge in [0.05, 0.1) is 11.4 Å². The van der Waals surface area contributed by atoms with Gasteiger partial charge < -0.3 is 10.1 Å². The average Bonchev–Trinajstić information content (AvgIpc) is 3.17. The van der Waals surface area contributed by atoms with E-state index in [-0.39, 0.29) is 5.91 Å². The second-order valence-electron chi connectivity index (χ2n) is 7.56. The fourth-order valence-corrected chi connectivity index (χ4v) is 2.97. The predicted octanol–water partition coefficient (Wildman–Crippen LogP) is 4.61. The summed E-state index contributed by atoms with van der Waals surface area (Å²) in [5.74, 6) is 0.447. The summed E-state index contributed by atoms with van der Waals surface area (Å²) in [6.07, 6.45) is 2.44. The van der Waals surface area contributed by atoms with Gasteiger partial charge in [-0.3, -0.25) is 4.79 Å². The minimum Gasteiger partial charge on any atom is -0.369 e. The first kappa shape index (κ1) is 20.8. The van der Waals surface area contributed by atoms with E-state index < -0.39 is 6.10 Å². The lowest BCUT2D eigenvalue weighted by molar-refractivity contribution is -0.132. The molecule has 152 valence electrons. The topological polar surface area (TPSA) is 56.1 Å². The van der Waals surface area contributed by atoms with Crippen molar-refractivity contribution in [2.45, 2.75) is 39.8 Å². The fraction of sp³-hybridized carbons (Fsp3) is 0.333. The molecular weight excluding hydrogens is 362 g/mol. The fourth-order valence-electron chi connectivity index (χ4n) is 2.97. The highest BCUT2D eigenvalue weighted by molar-refractivity contribution is 5.80. The van der Waals surface area contributed by atoms with Crippen LogP contribution in [0.25, 0.3) is 16.9 Å². The van der Waals surface area contributed by atoms with Crippen molar-refractivity contribution in [3.05, 3.63) is 72.4 Å². The van der Waals surface area contributed by atoms with Crippen LogP contribution in [0.3, 0.4) is 0 Å². The quantitative estimate of drug-likeness (QED) is 0.580. The molecule has 3 rings (SSSR count). The van der Waals surface area contributed by atoms with Crippen LogP contribution in [0.5, 0.6) is 0 Å².